The van der Waals surface area contributed by atoms with E-state index in [0.29, 0.717) is 70.6 Å². The predicted molar refractivity (Wildman–Crippen MR) is 511 cm³/mol. The average Bonchev–Trinajstić information content (AvgIpc) is 1.60. The standard InChI is InChI=1S/C47H55N7O7.C28H39BN4O5.C26H29BrN4O4/c1-26(2)40(51-46(57)59-3)45(56)54-33-14-11-32(23-33)42(54)43-48-25-38(50-43)28-9-7-27(8-10-28)30-12-15-34-31(22-30)13-16-36-35(34)24-37(49-36)39-6-5-19-53(39)44(55)41(52-47(58)60-4)29-17-20-61-21-18-29;1-16(2)22(32-26(35)36-7)25(34)33-20-13-10-18(14-20)23(33)24-30-15-21(31-24)17-8-11-19(12-9-17)29-37-27(3,4)28(5,6)38-29;1-34-26(33)30-23(16-8-11-35-12-9-16)25(32)31-10-2-3-22(31)24-28-15-21(29-24)19-5-4-18-14-20(27)7-6-17(18)13-19/h7-10,12-13,15-16,22,25-26,29,32-33,39-42H,5-6,11,14,17-21,23-24H2,1-4H3,(H,48,50)(H,51,57)(H,52,58);8-9,11-12,15-16,18,20,22-23H,10,13-14H2,1-7H3,(H,30,31)(H,32,35);4-7,13-16,22-23H,2-3,8-12H2,1H3,(H,28,29)(H,30,33)/t32-,33+,39-,40-,41-,42-;18-,20+,22-,23-;22-,23-/m000/s1. The molecule has 33 heteroatoms. The molecule has 2 saturated carbocycles. The number of ether oxygens (including phenoxy) is 6. The summed E-state index contributed by atoms with van der Waals surface area (Å²) in [5.74, 6) is 2.49. The first kappa shape index (κ1) is 94.3. The van der Waals surface area contributed by atoms with Crippen LogP contribution in [0, 0.1) is 35.5 Å². The number of carbonyl (C=O) groups excluding carboxylic acids is 8. The minimum absolute atomic E-state index is 0.0125. The summed E-state index contributed by atoms with van der Waals surface area (Å²) in [4.78, 5) is 142. The highest BCUT2D eigenvalue weighted by atomic mass is 79.9. The second kappa shape index (κ2) is 40.2. The molecule has 134 heavy (non-hydrogen) atoms. The fraction of sp³-hybridized carbons (Fsp3) is 0.505. The molecule has 8 aliphatic heterocycles. The predicted octanol–water partition coefficient (Wildman–Crippen LogP) is 15.7. The summed E-state index contributed by atoms with van der Waals surface area (Å²) in [7, 11) is 4.85. The second-order valence-corrected chi connectivity index (χ2v) is 39.8. The van der Waals surface area contributed by atoms with E-state index < -0.39 is 55.7 Å². The largest absolute Gasteiger partial charge is 0.494 e. The number of aromatic nitrogens is 6. The molecular weight excluding hydrogens is 1770 g/mol. The van der Waals surface area contributed by atoms with E-state index in [2.05, 4.69) is 142 Å². The van der Waals surface area contributed by atoms with E-state index in [1.807, 2.05) is 124 Å². The second-order valence-electron chi connectivity index (χ2n) is 38.9. The number of carbonyl (C=O) groups is 8. The zero-order valence-electron chi connectivity index (χ0n) is 78.4. The van der Waals surface area contributed by atoms with Crippen molar-refractivity contribution in [2.75, 3.05) is 68.0 Å². The molecule has 708 valence electrons. The molecule has 0 spiro atoms. The number of H-pyrrole nitrogens is 3. The van der Waals surface area contributed by atoms with Crippen LogP contribution in [0.25, 0.3) is 66.4 Å². The number of rotatable bonds is 21. The number of nitrogens with zero attached hydrogens (tertiary/aromatic N) is 8. The molecule has 12 atom stereocenters. The van der Waals surface area contributed by atoms with Crippen LogP contribution in [0.3, 0.4) is 0 Å². The van der Waals surface area contributed by atoms with Crippen molar-refractivity contribution in [3.05, 3.63) is 161 Å². The number of halogens is 1. The van der Waals surface area contributed by atoms with Crippen molar-refractivity contribution in [3.8, 4) is 44.9 Å². The zero-order chi connectivity index (χ0) is 94.1. The molecule has 11 heterocycles. The van der Waals surface area contributed by atoms with Crippen LogP contribution >= 0.6 is 15.9 Å². The number of benzene rings is 6. The fourth-order valence-corrected chi connectivity index (χ4v) is 22.1. The van der Waals surface area contributed by atoms with E-state index in [1.165, 1.54) is 34.0 Å². The molecule has 31 nitrogen and oxygen atoms in total. The smallest absolute Gasteiger partial charge is 0.453 e. The van der Waals surface area contributed by atoms with Crippen molar-refractivity contribution in [1.82, 2.24) is 70.8 Å². The van der Waals surface area contributed by atoms with Crippen molar-refractivity contribution < 1.29 is 76.1 Å². The third-order valence-corrected chi connectivity index (χ3v) is 30.1. The maximum Gasteiger partial charge on any atom is 0.494 e. The summed E-state index contributed by atoms with van der Waals surface area (Å²) in [5, 5.41) is 15.7. The van der Waals surface area contributed by atoms with E-state index in [0.717, 1.165) is 182 Å². The van der Waals surface area contributed by atoms with Crippen molar-refractivity contribution in [1.29, 1.82) is 0 Å². The third kappa shape index (κ3) is 19.6. The summed E-state index contributed by atoms with van der Waals surface area (Å²) in [6.45, 7) is 19.5. The lowest BCUT2D eigenvalue weighted by Crippen LogP contribution is -2.55. The van der Waals surface area contributed by atoms with Gasteiger partial charge < -0.3 is 93.5 Å². The van der Waals surface area contributed by atoms with Gasteiger partial charge in [-0.3, -0.25) is 24.2 Å². The van der Waals surface area contributed by atoms with Gasteiger partial charge in [0.05, 0.1) is 105 Å². The first-order chi connectivity index (χ1) is 64.6. The van der Waals surface area contributed by atoms with Crippen molar-refractivity contribution in [2.24, 2.45) is 40.5 Å². The van der Waals surface area contributed by atoms with E-state index in [1.54, 1.807) is 0 Å². The molecule has 9 aromatic rings. The number of aliphatic imine (C=N–C) groups is 1. The molecule has 0 radical (unpaired) electrons. The van der Waals surface area contributed by atoms with Gasteiger partial charge in [0, 0.05) is 73.8 Å². The van der Waals surface area contributed by atoms with Gasteiger partial charge in [-0.2, -0.15) is 0 Å². The quantitative estimate of drug-likeness (QED) is 0.0259. The van der Waals surface area contributed by atoms with Crippen LogP contribution in [0.15, 0.2) is 143 Å². The van der Waals surface area contributed by atoms with Crippen LogP contribution < -0.4 is 26.7 Å². The Labute approximate surface area is 789 Å². The molecule has 0 unspecified atom stereocenters. The summed E-state index contributed by atoms with van der Waals surface area (Å²) >= 11 is 3.52. The number of nitrogens with one attached hydrogen (secondary N) is 7. The van der Waals surface area contributed by atoms with E-state index in [4.69, 9.17) is 52.7 Å². The van der Waals surface area contributed by atoms with Gasteiger partial charge in [-0.25, -0.2) is 34.1 Å². The molecule has 7 N–H and O–H groups in total. The Morgan fingerprint density at radius 3 is 1.40 bits per heavy atom. The number of aromatic amines is 3. The van der Waals surface area contributed by atoms with Crippen molar-refractivity contribution in [3.63, 3.8) is 0 Å². The van der Waals surface area contributed by atoms with Crippen molar-refractivity contribution >= 4 is 109 Å². The normalized spacial score (nSPS) is 23.1. The Bertz CT molecular complexity index is 5830. The first-order valence-electron chi connectivity index (χ1n) is 47.4. The van der Waals surface area contributed by atoms with Crippen LogP contribution in [0.4, 0.5) is 24.9 Å². The van der Waals surface area contributed by atoms with E-state index >= 15 is 0 Å². The number of fused-ring (bicyclic) bond motifs is 8. The van der Waals surface area contributed by atoms with Crippen LogP contribution in [0.1, 0.15) is 186 Å². The van der Waals surface area contributed by atoms with Gasteiger partial charge in [-0.1, -0.05) is 129 Å². The number of amides is 8. The van der Waals surface area contributed by atoms with E-state index in [-0.39, 0.29) is 94.8 Å². The minimum Gasteiger partial charge on any atom is -0.453 e. The third-order valence-electron chi connectivity index (χ3n) is 29.6. The Hall–Kier alpha value is -11.5. The van der Waals surface area contributed by atoms with Crippen LogP contribution in [0.5, 0.6) is 0 Å². The lowest BCUT2D eigenvalue weighted by Gasteiger charge is -2.37. The molecule has 7 saturated heterocycles. The van der Waals surface area contributed by atoms with Gasteiger partial charge >= 0.3 is 31.5 Å². The summed E-state index contributed by atoms with van der Waals surface area (Å²) in [6, 6.07) is 36.9. The molecule has 8 amide bonds. The Balaban J connectivity index is 0.000000148. The van der Waals surface area contributed by atoms with Crippen LogP contribution in [-0.4, -0.2) is 232 Å². The number of imidazole rings is 3. The number of alkyl carbamates (subject to hydrolysis) is 4. The van der Waals surface area contributed by atoms with Crippen LogP contribution in [-0.2, 0) is 63.3 Å². The van der Waals surface area contributed by atoms with Gasteiger partial charge in [0.2, 0.25) is 23.6 Å². The lowest BCUT2D eigenvalue weighted by atomic mass is 9.79. The van der Waals surface area contributed by atoms with Gasteiger partial charge in [0.1, 0.15) is 41.6 Å². The Morgan fingerprint density at radius 2 is 0.888 bits per heavy atom. The van der Waals surface area contributed by atoms with Gasteiger partial charge in [0.15, 0.2) is 0 Å². The summed E-state index contributed by atoms with van der Waals surface area (Å²) in [6.07, 6.45) is 16.0. The zero-order valence-corrected chi connectivity index (χ0v) is 79.9. The topological polar surface area (TPSA) is 370 Å². The van der Waals surface area contributed by atoms with Gasteiger partial charge in [-0.05, 0) is 238 Å². The number of likely N-dealkylation sites (tertiary alicyclic amines) is 4. The highest BCUT2D eigenvalue weighted by Crippen LogP contribution is 2.53. The first-order valence-corrected chi connectivity index (χ1v) is 48.2. The number of piperidine rings is 2. The minimum atomic E-state index is -0.682. The number of hydrogen-bond donors (Lipinski definition) is 7. The van der Waals surface area contributed by atoms with E-state index in [9.17, 15) is 38.4 Å². The molecule has 3 aromatic heterocycles. The fourth-order valence-electron chi connectivity index (χ4n) is 21.7. The SMILES string of the molecule is COC(=O)N[C@H](C(=O)N1CCC[C@H]1c1ncc(-c2ccc3cc(Br)ccc3c2)[nH]1)C1CCOCC1.COC(=O)N[C@H](C(=O)N1[C@@H]2CC[C@@H](C2)[C@H]1c1ncc(-c2ccc(-c3ccc4c5c(ccc4c3)N=C([C@@H]3CCCN3C(=O)[C@@H](NC(=O)OC)C3CCOCC3)C5)cc2)[nH]1)C(C)C.COC(=O)N[C@H](C(=O)N1[C@@H]2CC[C@@H](C2)[C@H]1c1ncc(-c2ccc(B3OC(C)(C)C(C)(C)O3)cc2)[nH]1)C(C)C. The highest BCUT2D eigenvalue weighted by molar-refractivity contribution is 9.10. The molecule has 4 bridgehead atoms. The van der Waals surface area contributed by atoms with Crippen molar-refractivity contribution in [2.45, 2.75) is 223 Å². The number of methoxy groups -OCH3 is 4. The molecule has 19 rings (SSSR count). The summed E-state index contributed by atoms with van der Waals surface area (Å²) < 4.78 is 43.8. The molecule has 9 fully saturated rings. The molecule has 6 aromatic carbocycles. The van der Waals surface area contributed by atoms with Crippen LogP contribution in [0.2, 0.25) is 0 Å². The highest BCUT2D eigenvalue weighted by Gasteiger charge is 2.55. The molecule has 2 aliphatic carbocycles. The maximum absolute atomic E-state index is 14.1. The molecule has 10 aliphatic rings. The van der Waals surface area contributed by atoms with Gasteiger partial charge in [-0.15, -0.1) is 0 Å². The van der Waals surface area contributed by atoms with Gasteiger partial charge in [0.25, 0.3) is 0 Å². The Kier molecular flexibility index (Phi) is 28.3. The lowest BCUT2D eigenvalue weighted by molar-refractivity contribution is -0.140. The summed E-state index contributed by atoms with van der Waals surface area (Å²) in [5.41, 5.74) is 11.2. The Morgan fingerprint density at radius 1 is 0.463 bits per heavy atom. The number of hydrogen-bond acceptors (Lipinski definition) is 20. The average molecular weight is 1890 g/mol. The molecular formula is C101H123BBrN15O16. The monoisotopic (exact) mass is 1890 g/mol. The maximum atomic E-state index is 14.1.